The second kappa shape index (κ2) is 6.06. The van der Waals surface area contributed by atoms with Crippen molar-refractivity contribution in [3.63, 3.8) is 0 Å². The first-order valence-corrected chi connectivity index (χ1v) is 6.29. The molecule has 4 nitrogen and oxygen atoms in total. The standard InChI is InChI=1S/C13H19F2N3O/c1-19-13-10(16)3-2-4-11(13)18-7-5-17(6-8-18)9-12(14)15/h2-4,12H,5-9,16H2,1H3. The van der Waals surface area contributed by atoms with Crippen LogP contribution in [0.15, 0.2) is 18.2 Å². The van der Waals surface area contributed by atoms with Crippen molar-refractivity contribution < 1.29 is 13.5 Å². The van der Waals surface area contributed by atoms with Crippen LogP contribution in [-0.2, 0) is 0 Å². The van der Waals surface area contributed by atoms with Crippen molar-refractivity contribution in [3.05, 3.63) is 18.2 Å². The van der Waals surface area contributed by atoms with Crippen molar-refractivity contribution in [1.29, 1.82) is 0 Å². The number of methoxy groups -OCH3 is 1. The van der Waals surface area contributed by atoms with Gasteiger partial charge < -0.3 is 15.4 Å². The number of benzene rings is 1. The van der Waals surface area contributed by atoms with E-state index >= 15 is 0 Å². The van der Waals surface area contributed by atoms with Crippen molar-refractivity contribution in [1.82, 2.24) is 4.90 Å². The smallest absolute Gasteiger partial charge is 0.251 e. The number of alkyl halides is 2. The van der Waals surface area contributed by atoms with E-state index in [9.17, 15) is 8.78 Å². The predicted octanol–water partition coefficient (Wildman–Crippen LogP) is 1.66. The maximum Gasteiger partial charge on any atom is 0.251 e. The summed E-state index contributed by atoms with van der Waals surface area (Å²) in [4.78, 5) is 3.90. The summed E-state index contributed by atoms with van der Waals surface area (Å²) in [6, 6.07) is 5.60. The van der Waals surface area contributed by atoms with Gasteiger partial charge in [-0.1, -0.05) is 6.07 Å². The average Bonchev–Trinajstić information content (AvgIpc) is 2.38. The molecule has 1 fully saturated rings. The summed E-state index contributed by atoms with van der Waals surface area (Å²) in [6.45, 7) is 2.51. The predicted molar refractivity (Wildman–Crippen MR) is 72.1 cm³/mol. The van der Waals surface area contributed by atoms with Crippen LogP contribution in [0.3, 0.4) is 0 Å². The number of nitrogen functional groups attached to an aromatic ring is 1. The summed E-state index contributed by atoms with van der Waals surface area (Å²) < 4.78 is 30.0. The van der Waals surface area contributed by atoms with Crippen molar-refractivity contribution in [2.45, 2.75) is 6.43 Å². The van der Waals surface area contributed by atoms with Crippen LogP contribution in [0.5, 0.6) is 5.75 Å². The third-order valence-electron chi connectivity index (χ3n) is 3.34. The summed E-state index contributed by atoms with van der Waals surface area (Å²) in [7, 11) is 1.59. The molecule has 0 amide bonds. The Bertz CT molecular complexity index is 420. The van der Waals surface area contributed by atoms with Crippen LogP contribution in [0.4, 0.5) is 20.2 Å². The number of hydrogen-bond donors (Lipinski definition) is 1. The highest BCUT2D eigenvalue weighted by Gasteiger charge is 2.22. The molecular weight excluding hydrogens is 252 g/mol. The number of anilines is 2. The minimum Gasteiger partial charge on any atom is -0.492 e. The highest BCUT2D eigenvalue weighted by molar-refractivity contribution is 5.70. The van der Waals surface area contributed by atoms with Crippen LogP contribution < -0.4 is 15.4 Å². The van der Waals surface area contributed by atoms with Gasteiger partial charge in [0.2, 0.25) is 0 Å². The van der Waals surface area contributed by atoms with E-state index in [4.69, 9.17) is 10.5 Å². The Morgan fingerprint density at radius 1 is 1.26 bits per heavy atom. The zero-order chi connectivity index (χ0) is 13.8. The SMILES string of the molecule is COc1c(N)cccc1N1CCN(CC(F)F)CC1. The molecule has 0 saturated carbocycles. The van der Waals surface area contributed by atoms with E-state index in [0.29, 0.717) is 37.6 Å². The maximum absolute atomic E-state index is 12.3. The Kier molecular flexibility index (Phi) is 4.42. The van der Waals surface area contributed by atoms with Gasteiger partial charge in [-0.05, 0) is 12.1 Å². The van der Waals surface area contributed by atoms with Gasteiger partial charge >= 0.3 is 0 Å². The Labute approximate surface area is 111 Å². The molecule has 6 heteroatoms. The summed E-state index contributed by atoms with van der Waals surface area (Å²) in [5, 5.41) is 0. The molecule has 0 aromatic heterocycles. The van der Waals surface area contributed by atoms with Gasteiger partial charge in [0.25, 0.3) is 6.43 Å². The molecular formula is C13H19F2N3O. The molecule has 1 aliphatic rings. The third kappa shape index (κ3) is 3.26. The number of halogens is 2. The molecule has 0 atom stereocenters. The molecule has 1 aromatic carbocycles. The maximum atomic E-state index is 12.3. The van der Waals surface area contributed by atoms with Gasteiger partial charge in [0, 0.05) is 26.2 Å². The van der Waals surface area contributed by atoms with Gasteiger partial charge in [0.1, 0.15) is 0 Å². The van der Waals surface area contributed by atoms with Crippen LogP contribution in [-0.4, -0.2) is 51.2 Å². The number of ether oxygens (including phenoxy) is 1. The lowest BCUT2D eigenvalue weighted by atomic mass is 10.2. The molecule has 0 aliphatic carbocycles. The lowest BCUT2D eigenvalue weighted by molar-refractivity contribution is 0.0854. The fraction of sp³-hybridized carbons (Fsp3) is 0.538. The van der Waals surface area contributed by atoms with Crippen LogP contribution in [0.25, 0.3) is 0 Å². The Morgan fingerprint density at radius 3 is 2.53 bits per heavy atom. The molecule has 2 N–H and O–H groups in total. The second-order valence-electron chi connectivity index (χ2n) is 4.58. The molecule has 106 valence electrons. The van der Waals surface area contributed by atoms with E-state index in [1.165, 1.54) is 0 Å². The normalized spacial score (nSPS) is 16.9. The largest absolute Gasteiger partial charge is 0.492 e. The van der Waals surface area contributed by atoms with Gasteiger partial charge in [0.15, 0.2) is 5.75 Å². The van der Waals surface area contributed by atoms with Gasteiger partial charge in [-0.25, -0.2) is 8.78 Å². The van der Waals surface area contributed by atoms with Gasteiger partial charge in [-0.3, -0.25) is 4.90 Å². The summed E-state index contributed by atoms with van der Waals surface area (Å²) in [5.74, 6) is 0.657. The number of para-hydroxylation sites is 1. The van der Waals surface area contributed by atoms with E-state index < -0.39 is 6.43 Å². The van der Waals surface area contributed by atoms with Crippen molar-refractivity contribution in [3.8, 4) is 5.75 Å². The second-order valence-corrected chi connectivity index (χ2v) is 4.58. The lowest BCUT2D eigenvalue weighted by Crippen LogP contribution is -2.47. The highest BCUT2D eigenvalue weighted by atomic mass is 19.3. The van der Waals surface area contributed by atoms with E-state index in [1.807, 2.05) is 12.1 Å². The van der Waals surface area contributed by atoms with E-state index in [-0.39, 0.29) is 6.54 Å². The van der Waals surface area contributed by atoms with Crippen LogP contribution >= 0.6 is 0 Å². The number of nitrogens with zero attached hydrogens (tertiary/aromatic N) is 2. The summed E-state index contributed by atoms with van der Waals surface area (Å²) in [5.41, 5.74) is 7.39. The topological polar surface area (TPSA) is 41.7 Å². The number of hydrogen-bond acceptors (Lipinski definition) is 4. The summed E-state index contributed by atoms with van der Waals surface area (Å²) in [6.07, 6.45) is -2.27. The zero-order valence-corrected chi connectivity index (χ0v) is 11.0. The first kappa shape index (κ1) is 13.9. The Balaban J connectivity index is 2.03. The fourth-order valence-electron chi connectivity index (χ4n) is 2.38. The molecule has 1 heterocycles. The Morgan fingerprint density at radius 2 is 1.95 bits per heavy atom. The third-order valence-corrected chi connectivity index (χ3v) is 3.34. The van der Waals surface area contributed by atoms with Crippen molar-refractivity contribution in [2.24, 2.45) is 0 Å². The lowest BCUT2D eigenvalue weighted by Gasteiger charge is -2.36. The minimum atomic E-state index is -2.27. The van der Waals surface area contributed by atoms with E-state index in [1.54, 1.807) is 18.1 Å². The fourth-order valence-corrected chi connectivity index (χ4v) is 2.38. The number of nitrogens with two attached hydrogens (primary N) is 1. The molecule has 0 unspecified atom stereocenters. The van der Waals surface area contributed by atoms with Crippen molar-refractivity contribution in [2.75, 3.05) is 50.5 Å². The molecule has 1 aliphatic heterocycles. The quantitative estimate of drug-likeness (QED) is 0.846. The summed E-state index contributed by atoms with van der Waals surface area (Å²) >= 11 is 0. The molecule has 19 heavy (non-hydrogen) atoms. The highest BCUT2D eigenvalue weighted by Crippen LogP contribution is 2.34. The van der Waals surface area contributed by atoms with Gasteiger partial charge in [0.05, 0.1) is 25.0 Å². The number of piperazine rings is 1. The van der Waals surface area contributed by atoms with Gasteiger partial charge in [-0.15, -0.1) is 0 Å². The monoisotopic (exact) mass is 271 g/mol. The van der Waals surface area contributed by atoms with Crippen LogP contribution in [0.2, 0.25) is 0 Å². The van der Waals surface area contributed by atoms with Crippen LogP contribution in [0.1, 0.15) is 0 Å². The Hall–Kier alpha value is -1.56. The molecule has 2 rings (SSSR count). The van der Waals surface area contributed by atoms with E-state index in [2.05, 4.69) is 4.90 Å². The van der Waals surface area contributed by atoms with Crippen LogP contribution in [0, 0.1) is 0 Å². The first-order valence-electron chi connectivity index (χ1n) is 6.29. The molecule has 1 aromatic rings. The van der Waals surface area contributed by atoms with E-state index in [0.717, 1.165) is 5.69 Å². The molecule has 0 spiro atoms. The first-order chi connectivity index (χ1) is 9.11. The molecule has 0 radical (unpaired) electrons. The molecule has 1 saturated heterocycles. The average molecular weight is 271 g/mol. The van der Waals surface area contributed by atoms with Gasteiger partial charge in [-0.2, -0.15) is 0 Å². The zero-order valence-electron chi connectivity index (χ0n) is 11.0. The van der Waals surface area contributed by atoms with Crippen molar-refractivity contribution >= 4 is 11.4 Å². The number of rotatable bonds is 4. The molecule has 0 bridgehead atoms. The minimum absolute atomic E-state index is 0.151.